The molecule has 0 spiro atoms. The number of ether oxygens (including phenoxy) is 2. The zero-order valence-electron chi connectivity index (χ0n) is 11.2. The van der Waals surface area contributed by atoms with Crippen LogP contribution in [0.4, 0.5) is 0 Å². The fraction of sp³-hybridized carbons (Fsp3) is 0.571. The SMILES string of the molecule is CCCNCC(C)c1ccc(OC)cc1OC. The second-order valence-electron chi connectivity index (χ2n) is 4.21. The Morgan fingerprint density at radius 2 is 2.00 bits per heavy atom. The minimum atomic E-state index is 0.433. The van der Waals surface area contributed by atoms with E-state index < -0.39 is 0 Å². The van der Waals surface area contributed by atoms with Gasteiger partial charge in [-0.15, -0.1) is 0 Å². The van der Waals surface area contributed by atoms with Crippen LogP contribution in [0.1, 0.15) is 31.7 Å². The molecular weight excluding hydrogens is 214 g/mol. The zero-order valence-corrected chi connectivity index (χ0v) is 11.2. The maximum atomic E-state index is 5.41. The Balaban J connectivity index is 2.74. The summed E-state index contributed by atoms with van der Waals surface area (Å²) in [6.07, 6.45) is 1.16. The van der Waals surface area contributed by atoms with E-state index in [0.717, 1.165) is 31.0 Å². The fourth-order valence-corrected chi connectivity index (χ4v) is 1.83. The normalized spacial score (nSPS) is 12.2. The van der Waals surface area contributed by atoms with Gasteiger partial charge >= 0.3 is 0 Å². The third-order valence-electron chi connectivity index (χ3n) is 2.85. The van der Waals surface area contributed by atoms with Gasteiger partial charge in [0.15, 0.2) is 0 Å². The molecule has 1 rings (SSSR count). The fourth-order valence-electron chi connectivity index (χ4n) is 1.83. The predicted octanol–water partition coefficient (Wildman–Crippen LogP) is 2.81. The van der Waals surface area contributed by atoms with Crippen LogP contribution in [0.25, 0.3) is 0 Å². The first kappa shape index (κ1) is 13.8. The van der Waals surface area contributed by atoms with E-state index >= 15 is 0 Å². The Kier molecular flexibility index (Phi) is 5.84. The summed E-state index contributed by atoms with van der Waals surface area (Å²) in [6.45, 7) is 6.40. The van der Waals surface area contributed by atoms with Crippen LogP contribution in [0.3, 0.4) is 0 Å². The molecule has 0 fully saturated rings. The van der Waals surface area contributed by atoms with Crippen molar-refractivity contribution in [1.82, 2.24) is 5.32 Å². The van der Waals surface area contributed by atoms with Gasteiger partial charge in [-0.3, -0.25) is 0 Å². The highest BCUT2D eigenvalue weighted by Crippen LogP contribution is 2.30. The average Bonchev–Trinajstić information content (AvgIpc) is 2.38. The Labute approximate surface area is 104 Å². The number of rotatable bonds is 7. The summed E-state index contributed by atoms with van der Waals surface area (Å²) in [5, 5.41) is 3.43. The van der Waals surface area contributed by atoms with E-state index in [-0.39, 0.29) is 0 Å². The zero-order chi connectivity index (χ0) is 12.7. The summed E-state index contributed by atoms with van der Waals surface area (Å²) in [7, 11) is 3.37. The molecule has 0 radical (unpaired) electrons. The van der Waals surface area contributed by atoms with Gasteiger partial charge in [0.1, 0.15) is 11.5 Å². The Bertz CT molecular complexity index is 339. The number of hydrogen-bond acceptors (Lipinski definition) is 3. The molecule has 0 bridgehead atoms. The Morgan fingerprint density at radius 1 is 1.24 bits per heavy atom. The number of nitrogens with one attached hydrogen (secondary N) is 1. The first-order chi connectivity index (χ1) is 8.22. The van der Waals surface area contributed by atoms with Crippen LogP contribution in [0.2, 0.25) is 0 Å². The second-order valence-corrected chi connectivity index (χ2v) is 4.21. The molecule has 1 N–H and O–H groups in total. The lowest BCUT2D eigenvalue weighted by molar-refractivity contribution is 0.388. The summed E-state index contributed by atoms with van der Waals surface area (Å²) in [6, 6.07) is 6.00. The molecule has 96 valence electrons. The topological polar surface area (TPSA) is 30.5 Å². The highest BCUT2D eigenvalue weighted by Gasteiger charge is 2.11. The Hall–Kier alpha value is -1.22. The van der Waals surface area contributed by atoms with Crippen molar-refractivity contribution in [2.24, 2.45) is 0 Å². The number of benzene rings is 1. The highest BCUT2D eigenvalue weighted by atomic mass is 16.5. The molecule has 1 aromatic carbocycles. The van der Waals surface area contributed by atoms with Crippen molar-refractivity contribution in [3.05, 3.63) is 23.8 Å². The van der Waals surface area contributed by atoms with E-state index in [4.69, 9.17) is 9.47 Å². The van der Waals surface area contributed by atoms with Crippen LogP contribution in [-0.2, 0) is 0 Å². The smallest absolute Gasteiger partial charge is 0.126 e. The van der Waals surface area contributed by atoms with Crippen LogP contribution < -0.4 is 14.8 Å². The average molecular weight is 237 g/mol. The minimum absolute atomic E-state index is 0.433. The van der Waals surface area contributed by atoms with Gasteiger partial charge in [-0.1, -0.05) is 19.9 Å². The summed E-state index contributed by atoms with van der Waals surface area (Å²) in [5.41, 5.74) is 1.22. The third-order valence-corrected chi connectivity index (χ3v) is 2.85. The van der Waals surface area contributed by atoms with E-state index in [0.29, 0.717) is 5.92 Å². The van der Waals surface area contributed by atoms with Crippen LogP contribution >= 0.6 is 0 Å². The van der Waals surface area contributed by atoms with Crippen molar-refractivity contribution < 1.29 is 9.47 Å². The number of hydrogen-bond donors (Lipinski definition) is 1. The van der Waals surface area contributed by atoms with Gasteiger partial charge in [0.25, 0.3) is 0 Å². The molecule has 0 saturated heterocycles. The van der Waals surface area contributed by atoms with E-state index in [9.17, 15) is 0 Å². The Morgan fingerprint density at radius 3 is 2.59 bits per heavy atom. The molecule has 0 aromatic heterocycles. The minimum Gasteiger partial charge on any atom is -0.497 e. The van der Waals surface area contributed by atoms with Crippen LogP contribution in [0, 0.1) is 0 Å². The van der Waals surface area contributed by atoms with Crippen LogP contribution in [0.5, 0.6) is 11.5 Å². The third kappa shape index (κ3) is 3.93. The molecule has 0 heterocycles. The summed E-state index contributed by atoms with van der Waals surface area (Å²) in [4.78, 5) is 0. The molecule has 0 aliphatic rings. The largest absolute Gasteiger partial charge is 0.497 e. The lowest BCUT2D eigenvalue weighted by Crippen LogP contribution is -2.21. The number of methoxy groups -OCH3 is 2. The van der Waals surface area contributed by atoms with E-state index in [1.54, 1.807) is 14.2 Å². The van der Waals surface area contributed by atoms with Crippen LogP contribution in [-0.4, -0.2) is 27.3 Å². The molecule has 0 aliphatic heterocycles. The lowest BCUT2D eigenvalue weighted by atomic mass is 10.00. The summed E-state index contributed by atoms with van der Waals surface area (Å²) >= 11 is 0. The first-order valence-corrected chi connectivity index (χ1v) is 6.15. The molecule has 0 aliphatic carbocycles. The van der Waals surface area contributed by atoms with Crippen molar-refractivity contribution in [2.75, 3.05) is 27.3 Å². The molecule has 1 aromatic rings. The molecule has 0 amide bonds. The molecule has 3 heteroatoms. The van der Waals surface area contributed by atoms with Crippen molar-refractivity contribution in [1.29, 1.82) is 0 Å². The molecular formula is C14H23NO2. The van der Waals surface area contributed by atoms with Crippen LogP contribution in [0.15, 0.2) is 18.2 Å². The van der Waals surface area contributed by atoms with Gasteiger partial charge in [0.2, 0.25) is 0 Å². The lowest BCUT2D eigenvalue weighted by Gasteiger charge is -2.17. The monoisotopic (exact) mass is 237 g/mol. The standard InChI is InChI=1S/C14H23NO2/c1-5-8-15-10-11(2)13-7-6-12(16-3)9-14(13)17-4/h6-7,9,11,15H,5,8,10H2,1-4H3. The van der Waals surface area contributed by atoms with E-state index in [1.807, 2.05) is 12.1 Å². The quantitative estimate of drug-likeness (QED) is 0.740. The van der Waals surface area contributed by atoms with Gasteiger partial charge in [-0.25, -0.2) is 0 Å². The van der Waals surface area contributed by atoms with E-state index in [2.05, 4.69) is 25.2 Å². The molecule has 3 nitrogen and oxygen atoms in total. The summed E-state index contributed by atoms with van der Waals surface area (Å²) < 4.78 is 10.6. The predicted molar refractivity (Wildman–Crippen MR) is 71.1 cm³/mol. The van der Waals surface area contributed by atoms with Gasteiger partial charge < -0.3 is 14.8 Å². The van der Waals surface area contributed by atoms with E-state index in [1.165, 1.54) is 5.56 Å². The van der Waals surface area contributed by atoms with Gasteiger partial charge in [-0.2, -0.15) is 0 Å². The maximum absolute atomic E-state index is 5.41. The van der Waals surface area contributed by atoms with Gasteiger partial charge in [0.05, 0.1) is 14.2 Å². The molecule has 0 saturated carbocycles. The molecule has 17 heavy (non-hydrogen) atoms. The first-order valence-electron chi connectivity index (χ1n) is 6.15. The molecule has 1 unspecified atom stereocenters. The van der Waals surface area contributed by atoms with Crippen molar-refractivity contribution in [3.63, 3.8) is 0 Å². The van der Waals surface area contributed by atoms with Crippen molar-refractivity contribution in [2.45, 2.75) is 26.2 Å². The van der Waals surface area contributed by atoms with Crippen molar-refractivity contribution >= 4 is 0 Å². The van der Waals surface area contributed by atoms with Gasteiger partial charge in [-0.05, 0) is 30.5 Å². The summed E-state index contributed by atoms with van der Waals surface area (Å²) in [5.74, 6) is 2.16. The van der Waals surface area contributed by atoms with Gasteiger partial charge in [0, 0.05) is 12.6 Å². The maximum Gasteiger partial charge on any atom is 0.126 e. The molecule has 1 atom stereocenters. The second kappa shape index (κ2) is 7.17. The van der Waals surface area contributed by atoms with Crippen molar-refractivity contribution in [3.8, 4) is 11.5 Å². The highest BCUT2D eigenvalue weighted by molar-refractivity contribution is 5.42.